The summed E-state index contributed by atoms with van der Waals surface area (Å²) in [5, 5.41) is 0. The molecule has 22 heavy (non-hydrogen) atoms. The zero-order chi connectivity index (χ0) is 15.7. The van der Waals surface area contributed by atoms with E-state index in [1.165, 1.54) is 9.87 Å². The molecular formula is C16H16ClNO2S2. The molecule has 3 nitrogen and oxygen atoms in total. The monoisotopic (exact) mass is 353 g/mol. The van der Waals surface area contributed by atoms with Gasteiger partial charge >= 0.3 is 0 Å². The highest BCUT2D eigenvalue weighted by Crippen LogP contribution is 2.39. The van der Waals surface area contributed by atoms with Gasteiger partial charge in [0.25, 0.3) is 10.0 Å². The van der Waals surface area contributed by atoms with Crippen LogP contribution in [0.4, 0.5) is 0 Å². The van der Waals surface area contributed by atoms with Crippen molar-refractivity contribution < 1.29 is 8.42 Å². The SMILES string of the molecule is C=CCN(C1CCc2ccccc21)S(=O)(=O)c1ccc(Cl)s1. The van der Waals surface area contributed by atoms with Crippen molar-refractivity contribution in [2.75, 3.05) is 6.54 Å². The van der Waals surface area contributed by atoms with Crippen LogP contribution >= 0.6 is 22.9 Å². The van der Waals surface area contributed by atoms with Gasteiger partial charge in [-0.3, -0.25) is 0 Å². The number of hydrogen-bond donors (Lipinski definition) is 0. The number of hydrogen-bond acceptors (Lipinski definition) is 3. The lowest BCUT2D eigenvalue weighted by Crippen LogP contribution is -2.33. The van der Waals surface area contributed by atoms with Crippen LogP contribution in [0.1, 0.15) is 23.6 Å². The van der Waals surface area contributed by atoms with Gasteiger partial charge in [-0.2, -0.15) is 4.31 Å². The Kier molecular flexibility index (Phi) is 4.41. The smallest absolute Gasteiger partial charge is 0.206 e. The van der Waals surface area contributed by atoms with E-state index in [2.05, 4.69) is 12.6 Å². The minimum Gasteiger partial charge on any atom is -0.206 e. The van der Waals surface area contributed by atoms with E-state index in [0.717, 1.165) is 29.7 Å². The molecule has 6 heteroatoms. The van der Waals surface area contributed by atoms with Crippen molar-refractivity contribution in [1.29, 1.82) is 0 Å². The van der Waals surface area contributed by atoms with Crippen LogP contribution in [0.15, 0.2) is 53.3 Å². The first-order valence-electron chi connectivity index (χ1n) is 7.00. The number of rotatable bonds is 5. The largest absolute Gasteiger partial charge is 0.253 e. The van der Waals surface area contributed by atoms with E-state index >= 15 is 0 Å². The maximum Gasteiger partial charge on any atom is 0.253 e. The standard InChI is InChI=1S/C16H16ClNO2S2/c1-2-11-18(22(19,20)16-10-9-15(17)21-16)14-8-7-12-5-3-4-6-13(12)14/h2-6,9-10,14H,1,7-8,11H2. The predicted octanol–water partition coefficient (Wildman–Crippen LogP) is 4.27. The van der Waals surface area contributed by atoms with Crippen molar-refractivity contribution in [1.82, 2.24) is 4.31 Å². The van der Waals surface area contributed by atoms with E-state index in [-0.39, 0.29) is 16.8 Å². The Labute approximate surface area is 139 Å². The molecule has 0 bridgehead atoms. The Morgan fingerprint density at radius 1 is 1.32 bits per heavy atom. The van der Waals surface area contributed by atoms with Crippen LogP contribution in [0.25, 0.3) is 0 Å². The quantitative estimate of drug-likeness (QED) is 0.753. The lowest BCUT2D eigenvalue weighted by molar-refractivity contribution is 0.349. The molecule has 1 unspecified atom stereocenters. The average molecular weight is 354 g/mol. The van der Waals surface area contributed by atoms with Gasteiger partial charge in [0.05, 0.1) is 10.4 Å². The second-order valence-corrected chi connectivity index (χ2v) is 9.01. The number of halogens is 1. The van der Waals surface area contributed by atoms with Crippen molar-refractivity contribution in [2.45, 2.75) is 23.1 Å². The molecule has 1 aliphatic rings. The molecule has 1 aromatic carbocycles. The van der Waals surface area contributed by atoms with Gasteiger partial charge in [-0.25, -0.2) is 8.42 Å². The Balaban J connectivity index is 2.03. The Morgan fingerprint density at radius 3 is 2.77 bits per heavy atom. The van der Waals surface area contributed by atoms with Gasteiger partial charge in [-0.1, -0.05) is 41.9 Å². The van der Waals surface area contributed by atoms with E-state index < -0.39 is 10.0 Å². The third kappa shape index (κ3) is 2.74. The molecule has 1 aromatic heterocycles. The van der Waals surface area contributed by atoms with Gasteiger partial charge in [0, 0.05) is 6.54 Å². The van der Waals surface area contributed by atoms with Crippen LogP contribution in [0.3, 0.4) is 0 Å². The second kappa shape index (κ2) is 6.16. The summed E-state index contributed by atoms with van der Waals surface area (Å²) in [5.41, 5.74) is 2.32. The molecule has 0 saturated heterocycles. The van der Waals surface area contributed by atoms with Gasteiger partial charge in [-0.15, -0.1) is 17.9 Å². The molecule has 116 valence electrons. The summed E-state index contributed by atoms with van der Waals surface area (Å²) in [6, 6.07) is 11.1. The van der Waals surface area contributed by atoms with E-state index in [1.54, 1.807) is 18.2 Å². The normalized spacial score (nSPS) is 17.6. The molecule has 0 N–H and O–H groups in total. The third-order valence-corrected chi connectivity index (χ3v) is 7.44. The van der Waals surface area contributed by atoms with Gasteiger partial charge < -0.3 is 0 Å². The van der Waals surface area contributed by atoms with E-state index in [9.17, 15) is 8.42 Å². The number of aryl methyl sites for hydroxylation is 1. The van der Waals surface area contributed by atoms with Crippen LogP contribution < -0.4 is 0 Å². The first-order chi connectivity index (χ1) is 10.5. The highest BCUT2D eigenvalue weighted by Gasteiger charge is 2.36. The summed E-state index contributed by atoms with van der Waals surface area (Å²) in [6.07, 6.45) is 3.33. The zero-order valence-corrected chi connectivity index (χ0v) is 14.3. The molecule has 1 aliphatic carbocycles. The average Bonchev–Trinajstić information content (AvgIpc) is 3.11. The van der Waals surface area contributed by atoms with Crippen LogP contribution in [0, 0.1) is 0 Å². The third-order valence-electron chi connectivity index (χ3n) is 3.87. The number of thiophene rings is 1. The lowest BCUT2D eigenvalue weighted by Gasteiger charge is -2.27. The summed E-state index contributed by atoms with van der Waals surface area (Å²) in [5.74, 6) is 0. The van der Waals surface area contributed by atoms with Crippen LogP contribution in [-0.4, -0.2) is 19.3 Å². The van der Waals surface area contributed by atoms with Crippen molar-refractivity contribution in [3.05, 3.63) is 64.5 Å². The molecule has 0 aliphatic heterocycles. The van der Waals surface area contributed by atoms with Crippen LogP contribution in [0.2, 0.25) is 4.34 Å². The Bertz CT molecular complexity index is 798. The van der Waals surface area contributed by atoms with Gasteiger partial charge in [-0.05, 0) is 36.1 Å². The Hall–Kier alpha value is -1.14. The summed E-state index contributed by atoms with van der Waals surface area (Å²) < 4.78 is 28.2. The fourth-order valence-corrected chi connectivity index (χ4v) is 6.12. The van der Waals surface area contributed by atoms with Crippen molar-refractivity contribution in [2.24, 2.45) is 0 Å². The lowest BCUT2D eigenvalue weighted by atomic mass is 10.1. The van der Waals surface area contributed by atoms with Crippen LogP contribution in [-0.2, 0) is 16.4 Å². The second-order valence-electron chi connectivity index (χ2n) is 5.18. The molecule has 0 fully saturated rings. The number of fused-ring (bicyclic) bond motifs is 1. The van der Waals surface area contributed by atoms with Gasteiger partial charge in [0.1, 0.15) is 4.21 Å². The fourth-order valence-electron chi connectivity index (χ4n) is 2.91. The zero-order valence-electron chi connectivity index (χ0n) is 11.9. The molecule has 0 saturated carbocycles. The topological polar surface area (TPSA) is 37.4 Å². The summed E-state index contributed by atoms with van der Waals surface area (Å²) in [7, 11) is -3.57. The van der Waals surface area contributed by atoms with Gasteiger partial charge in [0.15, 0.2) is 0 Å². The molecule has 3 rings (SSSR count). The van der Waals surface area contributed by atoms with Crippen molar-refractivity contribution >= 4 is 33.0 Å². The summed E-state index contributed by atoms with van der Waals surface area (Å²) in [6.45, 7) is 4.00. The number of nitrogens with zero attached hydrogens (tertiary/aromatic N) is 1. The number of benzene rings is 1. The van der Waals surface area contributed by atoms with E-state index in [0.29, 0.717) is 4.34 Å². The minimum atomic E-state index is -3.57. The van der Waals surface area contributed by atoms with E-state index in [4.69, 9.17) is 11.6 Å². The minimum absolute atomic E-state index is 0.139. The molecule has 0 radical (unpaired) electrons. The molecule has 1 atom stereocenters. The summed E-state index contributed by atoms with van der Waals surface area (Å²) >= 11 is 6.99. The van der Waals surface area contributed by atoms with Crippen molar-refractivity contribution in [3.63, 3.8) is 0 Å². The van der Waals surface area contributed by atoms with Gasteiger partial charge in [0.2, 0.25) is 0 Å². The highest BCUT2D eigenvalue weighted by molar-refractivity contribution is 7.91. The number of sulfonamides is 1. The maximum atomic E-state index is 13.0. The maximum absolute atomic E-state index is 13.0. The first kappa shape index (κ1) is 15.7. The molecule has 2 aromatic rings. The molecule has 1 heterocycles. The van der Waals surface area contributed by atoms with Crippen LogP contribution in [0.5, 0.6) is 0 Å². The van der Waals surface area contributed by atoms with Crippen molar-refractivity contribution in [3.8, 4) is 0 Å². The molecule has 0 amide bonds. The predicted molar refractivity (Wildman–Crippen MR) is 90.9 cm³/mol. The van der Waals surface area contributed by atoms with E-state index in [1.807, 2.05) is 18.2 Å². The highest BCUT2D eigenvalue weighted by atomic mass is 35.5. The first-order valence-corrected chi connectivity index (χ1v) is 9.63. The molecule has 0 spiro atoms. The Morgan fingerprint density at radius 2 is 2.09 bits per heavy atom. The fraction of sp³-hybridized carbons (Fsp3) is 0.250. The molecular weight excluding hydrogens is 338 g/mol. The summed E-state index contributed by atoms with van der Waals surface area (Å²) in [4.78, 5) is 0.